The molecule has 0 saturated carbocycles. The number of nitrogens with zero attached hydrogens (tertiary/aromatic N) is 2. The smallest absolute Gasteiger partial charge is 0.270 e. The number of carbonyl (C=O) groups excluding carboxylic acids is 1. The van der Waals surface area contributed by atoms with Crippen molar-refractivity contribution >= 4 is 15.9 Å². The lowest BCUT2D eigenvalue weighted by Crippen LogP contribution is -2.30. The molecule has 0 unspecified atom stereocenters. The third-order valence-electron chi connectivity index (χ3n) is 4.47. The number of aromatic amines is 1. The summed E-state index contributed by atoms with van der Waals surface area (Å²) in [6.45, 7) is 3.94. The van der Waals surface area contributed by atoms with Gasteiger partial charge in [0.2, 0.25) is 10.0 Å². The Kier molecular flexibility index (Phi) is 5.24. The van der Waals surface area contributed by atoms with Crippen LogP contribution in [0, 0.1) is 0 Å². The Morgan fingerprint density at radius 2 is 1.88 bits per heavy atom. The molecule has 7 heteroatoms. The Bertz CT molecular complexity index is 824. The Hall–Kier alpha value is -2.12. The SMILES string of the molecule is CCN(Cc1ccccc1)S(=O)(=O)c1c[nH]c(C(=O)N2CCCC2)c1. The maximum absolute atomic E-state index is 12.9. The number of hydrogen-bond acceptors (Lipinski definition) is 3. The van der Waals surface area contributed by atoms with Gasteiger partial charge >= 0.3 is 0 Å². The van der Waals surface area contributed by atoms with Gasteiger partial charge in [-0.25, -0.2) is 8.42 Å². The number of nitrogens with one attached hydrogen (secondary N) is 1. The van der Waals surface area contributed by atoms with Crippen molar-refractivity contribution in [3.05, 3.63) is 53.9 Å². The summed E-state index contributed by atoms with van der Waals surface area (Å²) in [4.78, 5) is 17.1. The Balaban J connectivity index is 1.80. The lowest BCUT2D eigenvalue weighted by Gasteiger charge is -2.19. The monoisotopic (exact) mass is 361 g/mol. The van der Waals surface area contributed by atoms with E-state index in [1.165, 1.54) is 16.6 Å². The van der Waals surface area contributed by atoms with Crippen molar-refractivity contribution in [2.24, 2.45) is 0 Å². The van der Waals surface area contributed by atoms with E-state index in [0.29, 0.717) is 18.8 Å². The number of sulfonamides is 1. The molecule has 1 aliphatic rings. The summed E-state index contributed by atoms with van der Waals surface area (Å²) in [7, 11) is -3.65. The zero-order valence-corrected chi connectivity index (χ0v) is 15.1. The zero-order valence-electron chi connectivity index (χ0n) is 14.3. The summed E-state index contributed by atoms with van der Waals surface area (Å²) in [6, 6.07) is 10.9. The van der Waals surface area contributed by atoms with Crippen LogP contribution in [0.1, 0.15) is 35.8 Å². The first-order valence-electron chi connectivity index (χ1n) is 8.54. The molecule has 0 aliphatic carbocycles. The maximum atomic E-state index is 12.9. The molecule has 1 fully saturated rings. The molecule has 2 heterocycles. The first kappa shape index (κ1) is 17.7. The second kappa shape index (κ2) is 7.41. The van der Waals surface area contributed by atoms with Crippen molar-refractivity contribution in [1.29, 1.82) is 0 Å². The van der Waals surface area contributed by atoms with Crippen molar-refractivity contribution in [2.75, 3.05) is 19.6 Å². The van der Waals surface area contributed by atoms with Gasteiger partial charge in [0, 0.05) is 32.4 Å². The van der Waals surface area contributed by atoms with Gasteiger partial charge in [-0.15, -0.1) is 0 Å². The molecule has 1 aliphatic heterocycles. The summed E-state index contributed by atoms with van der Waals surface area (Å²) < 4.78 is 27.2. The predicted molar refractivity (Wildman–Crippen MR) is 95.6 cm³/mol. The molecule has 0 bridgehead atoms. The second-order valence-electron chi connectivity index (χ2n) is 6.17. The lowest BCUT2D eigenvalue weighted by atomic mass is 10.2. The van der Waals surface area contributed by atoms with Gasteiger partial charge in [0.05, 0.1) is 0 Å². The van der Waals surface area contributed by atoms with Gasteiger partial charge in [-0.3, -0.25) is 4.79 Å². The maximum Gasteiger partial charge on any atom is 0.270 e. The van der Waals surface area contributed by atoms with Crippen LogP contribution in [0.15, 0.2) is 47.5 Å². The van der Waals surface area contributed by atoms with Crippen molar-refractivity contribution in [2.45, 2.75) is 31.2 Å². The number of carbonyl (C=O) groups is 1. The standard InChI is InChI=1S/C18H23N3O3S/c1-2-21(14-15-8-4-3-5-9-15)25(23,24)16-12-17(19-13-16)18(22)20-10-6-7-11-20/h3-5,8-9,12-13,19H,2,6-7,10-11,14H2,1H3. The van der Waals surface area contributed by atoms with E-state index in [2.05, 4.69) is 4.98 Å². The van der Waals surface area contributed by atoms with E-state index >= 15 is 0 Å². The molecule has 1 aromatic heterocycles. The van der Waals surface area contributed by atoms with Crippen LogP contribution in [0.3, 0.4) is 0 Å². The van der Waals surface area contributed by atoms with Crippen LogP contribution in [-0.4, -0.2) is 48.1 Å². The minimum absolute atomic E-state index is 0.132. The van der Waals surface area contributed by atoms with Crippen LogP contribution >= 0.6 is 0 Å². The summed E-state index contributed by atoms with van der Waals surface area (Å²) in [6.07, 6.45) is 3.41. The minimum Gasteiger partial charge on any atom is -0.356 e. The number of amides is 1. The summed E-state index contributed by atoms with van der Waals surface area (Å²) in [5.41, 5.74) is 1.26. The summed E-state index contributed by atoms with van der Waals surface area (Å²) in [5.74, 6) is -0.134. The number of rotatable bonds is 6. The molecule has 1 saturated heterocycles. The topological polar surface area (TPSA) is 73.5 Å². The van der Waals surface area contributed by atoms with Crippen molar-refractivity contribution in [1.82, 2.24) is 14.2 Å². The van der Waals surface area contributed by atoms with E-state index in [9.17, 15) is 13.2 Å². The largest absolute Gasteiger partial charge is 0.356 e. The van der Waals surface area contributed by atoms with E-state index in [4.69, 9.17) is 0 Å². The van der Waals surface area contributed by atoms with Crippen LogP contribution in [-0.2, 0) is 16.6 Å². The Labute approximate surface area is 148 Å². The molecule has 3 rings (SSSR count). The fourth-order valence-corrected chi connectivity index (χ4v) is 4.47. The Morgan fingerprint density at radius 3 is 2.52 bits per heavy atom. The number of hydrogen-bond donors (Lipinski definition) is 1. The third kappa shape index (κ3) is 3.77. The highest BCUT2D eigenvalue weighted by atomic mass is 32.2. The first-order chi connectivity index (χ1) is 12.0. The van der Waals surface area contributed by atoms with E-state index in [0.717, 1.165) is 31.5 Å². The van der Waals surface area contributed by atoms with Crippen molar-refractivity contribution in [3.63, 3.8) is 0 Å². The van der Waals surface area contributed by atoms with Gasteiger partial charge in [0.1, 0.15) is 10.6 Å². The number of H-pyrrole nitrogens is 1. The highest BCUT2D eigenvalue weighted by Crippen LogP contribution is 2.21. The normalized spacial score (nSPS) is 15.0. The van der Waals surface area contributed by atoms with Crippen molar-refractivity contribution < 1.29 is 13.2 Å². The molecule has 0 atom stereocenters. The fourth-order valence-electron chi connectivity index (χ4n) is 3.04. The molecule has 1 aromatic carbocycles. The molecule has 1 N–H and O–H groups in total. The van der Waals surface area contributed by atoms with Gasteiger partial charge in [-0.05, 0) is 24.5 Å². The molecular weight excluding hydrogens is 338 g/mol. The van der Waals surface area contributed by atoms with Crippen LogP contribution in [0.25, 0.3) is 0 Å². The molecule has 6 nitrogen and oxygen atoms in total. The van der Waals surface area contributed by atoms with Gasteiger partial charge in [-0.2, -0.15) is 4.31 Å². The molecule has 0 spiro atoms. The predicted octanol–water partition coefficient (Wildman–Crippen LogP) is 2.46. The van der Waals surface area contributed by atoms with E-state index in [-0.39, 0.29) is 10.8 Å². The Morgan fingerprint density at radius 1 is 1.20 bits per heavy atom. The van der Waals surface area contributed by atoms with E-state index in [1.807, 2.05) is 37.3 Å². The van der Waals surface area contributed by atoms with Crippen molar-refractivity contribution in [3.8, 4) is 0 Å². The highest BCUT2D eigenvalue weighted by molar-refractivity contribution is 7.89. The van der Waals surface area contributed by atoms with Gasteiger partial charge in [0.15, 0.2) is 0 Å². The van der Waals surface area contributed by atoms with Crippen LogP contribution in [0.4, 0.5) is 0 Å². The molecule has 2 aromatic rings. The zero-order chi connectivity index (χ0) is 17.9. The van der Waals surface area contributed by atoms with E-state index < -0.39 is 10.0 Å². The summed E-state index contributed by atoms with van der Waals surface area (Å²) in [5, 5.41) is 0. The van der Waals surface area contributed by atoms with Gasteiger partial charge in [0.25, 0.3) is 5.91 Å². The van der Waals surface area contributed by atoms with Gasteiger partial charge < -0.3 is 9.88 Å². The van der Waals surface area contributed by atoms with Crippen LogP contribution in [0.5, 0.6) is 0 Å². The quantitative estimate of drug-likeness (QED) is 0.859. The van der Waals surface area contributed by atoms with Gasteiger partial charge in [-0.1, -0.05) is 37.3 Å². The van der Waals surface area contributed by atoms with Crippen LogP contribution < -0.4 is 0 Å². The number of likely N-dealkylation sites (tertiary alicyclic amines) is 1. The second-order valence-corrected chi connectivity index (χ2v) is 8.10. The lowest BCUT2D eigenvalue weighted by molar-refractivity contribution is 0.0787. The fraction of sp³-hybridized carbons (Fsp3) is 0.389. The summed E-state index contributed by atoms with van der Waals surface area (Å²) >= 11 is 0. The number of aromatic nitrogens is 1. The highest BCUT2D eigenvalue weighted by Gasteiger charge is 2.27. The average molecular weight is 361 g/mol. The molecule has 0 radical (unpaired) electrons. The molecular formula is C18H23N3O3S. The average Bonchev–Trinajstić information content (AvgIpc) is 3.31. The molecule has 25 heavy (non-hydrogen) atoms. The third-order valence-corrected chi connectivity index (χ3v) is 6.37. The van der Waals surface area contributed by atoms with E-state index in [1.54, 1.807) is 4.90 Å². The molecule has 134 valence electrons. The molecule has 1 amide bonds. The number of benzene rings is 1. The first-order valence-corrected chi connectivity index (χ1v) is 9.98. The minimum atomic E-state index is -3.65. The van der Waals surface area contributed by atoms with Crippen LogP contribution in [0.2, 0.25) is 0 Å².